The Morgan fingerprint density at radius 1 is 1.24 bits per heavy atom. The number of hydrogen-bond acceptors (Lipinski definition) is 5. The zero-order chi connectivity index (χ0) is 20.8. The lowest BCUT2D eigenvalue weighted by atomic mass is 10.1. The standard InChI is InChI=1S/C20H39N5O3.HI/c1-7-21-17(22-11-16-12-25-10-8-9-15(25)13-27-16)23-14-20(5,6)24-18(26)28-19(2,3)4;/h15-16H,7-14H2,1-6H3,(H,24,26)(H2,21,22,23);1H. The van der Waals surface area contributed by atoms with Crippen molar-refractivity contribution in [1.29, 1.82) is 0 Å². The van der Waals surface area contributed by atoms with E-state index in [-0.39, 0.29) is 30.1 Å². The molecular weight excluding hydrogens is 485 g/mol. The first-order valence-electron chi connectivity index (χ1n) is 10.5. The molecule has 2 aliphatic heterocycles. The fourth-order valence-corrected chi connectivity index (χ4v) is 3.46. The van der Waals surface area contributed by atoms with E-state index in [1.807, 2.05) is 41.5 Å². The summed E-state index contributed by atoms with van der Waals surface area (Å²) in [7, 11) is 0. The number of amides is 1. The van der Waals surface area contributed by atoms with E-state index >= 15 is 0 Å². The number of aliphatic imine (C=N–C) groups is 1. The summed E-state index contributed by atoms with van der Waals surface area (Å²) >= 11 is 0. The molecule has 0 saturated carbocycles. The Bertz CT molecular complexity index is 551. The van der Waals surface area contributed by atoms with Crippen LogP contribution in [-0.2, 0) is 9.47 Å². The number of morpholine rings is 1. The number of alkyl carbamates (subject to hydrolysis) is 1. The highest BCUT2D eigenvalue weighted by Gasteiger charge is 2.32. The molecule has 9 heteroatoms. The molecule has 2 fully saturated rings. The molecule has 1 amide bonds. The van der Waals surface area contributed by atoms with Crippen molar-refractivity contribution in [2.45, 2.75) is 77.7 Å². The number of guanidine groups is 1. The molecule has 170 valence electrons. The van der Waals surface area contributed by atoms with Crippen molar-refractivity contribution in [3.8, 4) is 0 Å². The van der Waals surface area contributed by atoms with Gasteiger partial charge in [-0.2, -0.15) is 0 Å². The van der Waals surface area contributed by atoms with Gasteiger partial charge in [0.25, 0.3) is 0 Å². The third kappa shape index (κ3) is 9.69. The van der Waals surface area contributed by atoms with Gasteiger partial charge in [-0.05, 0) is 60.9 Å². The van der Waals surface area contributed by atoms with Crippen LogP contribution in [-0.4, -0.2) is 79.6 Å². The number of fused-ring (bicyclic) bond motifs is 1. The maximum atomic E-state index is 12.0. The van der Waals surface area contributed by atoms with E-state index < -0.39 is 17.2 Å². The highest BCUT2D eigenvalue weighted by Crippen LogP contribution is 2.22. The van der Waals surface area contributed by atoms with Crippen LogP contribution >= 0.6 is 24.0 Å². The molecule has 2 heterocycles. The predicted molar refractivity (Wildman–Crippen MR) is 127 cm³/mol. The van der Waals surface area contributed by atoms with E-state index in [9.17, 15) is 4.79 Å². The molecule has 8 nitrogen and oxygen atoms in total. The molecule has 0 aliphatic carbocycles. The summed E-state index contributed by atoms with van der Waals surface area (Å²) in [6.45, 7) is 16.4. The average Bonchev–Trinajstić information content (AvgIpc) is 3.02. The van der Waals surface area contributed by atoms with Crippen molar-refractivity contribution >= 4 is 36.0 Å². The Hall–Kier alpha value is -0.810. The summed E-state index contributed by atoms with van der Waals surface area (Å²) in [5, 5.41) is 9.52. The fraction of sp³-hybridized carbons (Fsp3) is 0.900. The van der Waals surface area contributed by atoms with Crippen LogP contribution in [0.4, 0.5) is 4.79 Å². The van der Waals surface area contributed by atoms with Gasteiger partial charge in [0.1, 0.15) is 5.60 Å². The van der Waals surface area contributed by atoms with E-state index in [0.29, 0.717) is 12.6 Å². The second kappa shape index (κ2) is 11.5. The molecule has 2 saturated heterocycles. The molecule has 0 aromatic rings. The quantitative estimate of drug-likeness (QED) is 0.281. The first kappa shape index (κ1) is 26.2. The lowest BCUT2D eigenvalue weighted by Crippen LogP contribution is -2.52. The number of rotatable bonds is 6. The average molecular weight is 525 g/mol. The molecule has 0 aromatic carbocycles. The van der Waals surface area contributed by atoms with Gasteiger partial charge in [-0.1, -0.05) is 0 Å². The van der Waals surface area contributed by atoms with Crippen LogP contribution in [0.15, 0.2) is 4.99 Å². The Balaban J connectivity index is 0.00000420. The molecule has 29 heavy (non-hydrogen) atoms. The van der Waals surface area contributed by atoms with Crippen LogP contribution in [0.5, 0.6) is 0 Å². The van der Waals surface area contributed by atoms with Crippen LogP contribution in [0.25, 0.3) is 0 Å². The van der Waals surface area contributed by atoms with Crippen molar-refractivity contribution < 1.29 is 14.3 Å². The highest BCUT2D eigenvalue weighted by molar-refractivity contribution is 14.0. The molecular formula is C20H40IN5O3. The normalized spacial score (nSPS) is 23.0. The first-order chi connectivity index (χ1) is 13.1. The monoisotopic (exact) mass is 525 g/mol. The second-order valence-corrected chi connectivity index (χ2v) is 9.33. The van der Waals surface area contributed by atoms with Crippen molar-refractivity contribution in [1.82, 2.24) is 20.9 Å². The zero-order valence-corrected chi connectivity index (χ0v) is 21.2. The van der Waals surface area contributed by atoms with E-state index in [4.69, 9.17) is 9.47 Å². The number of halogens is 1. The number of nitrogens with one attached hydrogen (secondary N) is 3. The number of carbonyl (C=O) groups excluding carboxylic acids is 1. The molecule has 3 N–H and O–H groups in total. The number of hydrogen-bond donors (Lipinski definition) is 3. The molecule has 0 bridgehead atoms. The van der Waals surface area contributed by atoms with Crippen LogP contribution in [0.3, 0.4) is 0 Å². The van der Waals surface area contributed by atoms with Crippen LogP contribution in [0, 0.1) is 0 Å². The Kier molecular flexibility index (Phi) is 10.4. The van der Waals surface area contributed by atoms with Crippen molar-refractivity contribution in [3.05, 3.63) is 0 Å². The smallest absolute Gasteiger partial charge is 0.408 e. The molecule has 2 rings (SSSR count). The fourth-order valence-electron chi connectivity index (χ4n) is 3.46. The van der Waals surface area contributed by atoms with E-state index in [1.54, 1.807) is 0 Å². The molecule has 2 unspecified atom stereocenters. The lowest BCUT2D eigenvalue weighted by Gasteiger charge is -2.35. The van der Waals surface area contributed by atoms with Crippen molar-refractivity contribution in [2.24, 2.45) is 4.99 Å². The SMILES string of the molecule is CCNC(=NCC(C)(C)NC(=O)OC(C)(C)C)NCC1CN2CCCC2CO1.I. The van der Waals surface area contributed by atoms with Crippen LogP contribution in [0.2, 0.25) is 0 Å². The first-order valence-corrected chi connectivity index (χ1v) is 10.5. The summed E-state index contributed by atoms with van der Waals surface area (Å²) in [6.07, 6.45) is 2.27. The third-order valence-corrected chi connectivity index (χ3v) is 4.77. The topological polar surface area (TPSA) is 87.2 Å². The van der Waals surface area contributed by atoms with Gasteiger partial charge in [0.2, 0.25) is 0 Å². The Morgan fingerprint density at radius 2 is 1.97 bits per heavy atom. The van der Waals surface area contributed by atoms with E-state index in [2.05, 4.69) is 25.8 Å². The minimum atomic E-state index is -0.520. The van der Waals surface area contributed by atoms with Crippen LogP contribution in [0.1, 0.15) is 54.4 Å². The Morgan fingerprint density at radius 3 is 2.62 bits per heavy atom. The van der Waals surface area contributed by atoms with Gasteiger partial charge in [0.15, 0.2) is 5.96 Å². The van der Waals surface area contributed by atoms with Gasteiger partial charge in [-0.25, -0.2) is 4.79 Å². The Labute approximate surface area is 192 Å². The zero-order valence-electron chi connectivity index (χ0n) is 18.8. The van der Waals surface area contributed by atoms with Gasteiger partial charge >= 0.3 is 6.09 Å². The summed E-state index contributed by atoms with van der Waals surface area (Å²) in [6, 6.07) is 0.609. The minimum absolute atomic E-state index is 0. The van der Waals surface area contributed by atoms with Gasteiger partial charge in [-0.15, -0.1) is 24.0 Å². The van der Waals surface area contributed by atoms with Crippen LogP contribution < -0.4 is 16.0 Å². The number of nitrogens with zero attached hydrogens (tertiary/aromatic N) is 2. The second-order valence-electron chi connectivity index (χ2n) is 9.33. The maximum Gasteiger partial charge on any atom is 0.408 e. The lowest BCUT2D eigenvalue weighted by molar-refractivity contribution is -0.0453. The molecule has 0 radical (unpaired) electrons. The highest BCUT2D eigenvalue weighted by atomic mass is 127. The minimum Gasteiger partial charge on any atom is -0.444 e. The van der Waals surface area contributed by atoms with E-state index in [1.165, 1.54) is 19.4 Å². The predicted octanol–water partition coefficient (Wildman–Crippen LogP) is 2.33. The molecule has 0 aromatic heterocycles. The number of ether oxygens (including phenoxy) is 2. The van der Waals surface area contributed by atoms with Gasteiger partial charge in [-0.3, -0.25) is 9.89 Å². The van der Waals surface area contributed by atoms with Gasteiger partial charge < -0.3 is 25.4 Å². The van der Waals surface area contributed by atoms with Crippen molar-refractivity contribution in [3.63, 3.8) is 0 Å². The summed E-state index contributed by atoms with van der Waals surface area (Å²) < 4.78 is 11.3. The maximum absolute atomic E-state index is 12.0. The van der Waals surface area contributed by atoms with Gasteiger partial charge in [0, 0.05) is 25.7 Å². The van der Waals surface area contributed by atoms with E-state index in [0.717, 1.165) is 32.2 Å². The molecule has 2 atom stereocenters. The molecule has 2 aliphatic rings. The summed E-state index contributed by atoms with van der Waals surface area (Å²) in [4.78, 5) is 19.2. The molecule has 0 spiro atoms. The third-order valence-electron chi connectivity index (χ3n) is 4.77. The largest absolute Gasteiger partial charge is 0.444 e. The van der Waals surface area contributed by atoms with Gasteiger partial charge in [0.05, 0.1) is 24.8 Å². The summed E-state index contributed by atoms with van der Waals surface area (Å²) in [5.41, 5.74) is -1.04. The number of carbonyl (C=O) groups is 1. The summed E-state index contributed by atoms with van der Waals surface area (Å²) in [5.74, 6) is 0.730. The van der Waals surface area contributed by atoms with Crippen molar-refractivity contribution in [2.75, 3.05) is 39.3 Å².